The van der Waals surface area contributed by atoms with Crippen LogP contribution in [0.15, 0.2) is 24.3 Å². The van der Waals surface area contributed by atoms with Gasteiger partial charge in [0.1, 0.15) is 5.75 Å². The van der Waals surface area contributed by atoms with Gasteiger partial charge in [-0.25, -0.2) is 8.78 Å². The number of alkyl halides is 2. The number of benzene rings is 1. The molecule has 1 aromatic carbocycles. The second kappa shape index (κ2) is 7.82. The summed E-state index contributed by atoms with van der Waals surface area (Å²) < 4.78 is 32.2. The van der Waals surface area contributed by atoms with Crippen LogP contribution >= 0.6 is 0 Å². The predicted molar refractivity (Wildman–Crippen MR) is 96.6 cm³/mol. The molecule has 2 aliphatic heterocycles. The minimum absolute atomic E-state index is 0.0135. The highest BCUT2D eigenvalue weighted by Crippen LogP contribution is 2.39. The van der Waals surface area contributed by atoms with E-state index in [1.165, 1.54) is 0 Å². The van der Waals surface area contributed by atoms with E-state index in [4.69, 9.17) is 4.74 Å². The zero-order valence-electron chi connectivity index (χ0n) is 15.8. The van der Waals surface area contributed by atoms with Crippen molar-refractivity contribution in [3.05, 3.63) is 29.8 Å². The van der Waals surface area contributed by atoms with Crippen LogP contribution in [-0.4, -0.2) is 54.3 Å². The first-order chi connectivity index (χ1) is 12.9. The molecule has 0 radical (unpaired) electrons. The normalized spacial score (nSPS) is 25.4. The maximum absolute atomic E-state index is 13.5. The van der Waals surface area contributed by atoms with Gasteiger partial charge in [0.2, 0.25) is 11.8 Å². The summed E-state index contributed by atoms with van der Waals surface area (Å²) in [4.78, 5) is 28.9. The number of carbonyl (C=O) groups excluding carboxylic acids is 2. The van der Waals surface area contributed by atoms with Crippen LogP contribution in [0.1, 0.15) is 44.2 Å². The lowest BCUT2D eigenvalue weighted by molar-refractivity contribution is -0.151. The molecule has 0 unspecified atom stereocenters. The lowest BCUT2D eigenvalue weighted by Crippen LogP contribution is -2.51. The number of nitrogens with zero attached hydrogens (tertiary/aromatic N) is 2. The Balaban J connectivity index is 1.89. The van der Waals surface area contributed by atoms with Crippen molar-refractivity contribution < 1.29 is 23.1 Å². The Labute approximate surface area is 158 Å². The van der Waals surface area contributed by atoms with Gasteiger partial charge in [-0.3, -0.25) is 9.59 Å². The third kappa shape index (κ3) is 4.06. The fourth-order valence-corrected chi connectivity index (χ4v) is 4.11. The van der Waals surface area contributed by atoms with E-state index in [-0.39, 0.29) is 37.7 Å². The van der Waals surface area contributed by atoms with Crippen molar-refractivity contribution in [1.82, 2.24) is 9.80 Å². The first kappa shape index (κ1) is 19.6. The van der Waals surface area contributed by atoms with E-state index in [9.17, 15) is 18.4 Å². The van der Waals surface area contributed by atoms with E-state index in [2.05, 4.69) is 0 Å². The third-order valence-corrected chi connectivity index (χ3v) is 5.61. The second-order valence-corrected chi connectivity index (χ2v) is 7.23. The van der Waals surface area contributed by atoms with Crippen molar-refractivity contribution >= 4 is 11.8 Å². The summed E-state index contributed by atoms with van der Waals surface area (Å²) in [5.74, 6) is -2.59. The maximum Gasteiger partial charge on any atom is 0.251 e. The van der Waals surface area contributed by atoms with Gasteiger partial charge in [0, 0.05) is 38.9 Å². The van der Waals surface area contributed by atoms with Gasteiger partial charge in [0.15, 0.2) is 0 Å². The summed E-state index contributed by atoms with van der Waals surface area (Å²) in [7, 11) is 1.57. The molecule has 0 N–H and O–H groups in total. The highest BCUT2D eigenvalue weighted by Gasteiger charge is 2.44. The first-order valence-corrected chi connectivity index (χ1v) is 9.46. The number of halogens is 2. The second-order valence-electron chi connectivity index (χ2n) is 7.23. The molecule has 0 spiro atoms. The molecule has 7 heteroatoms. The molecule has 3 rings (SSSR count). The van der Waals surface area contributed by atoms with Crippen LogP contribution in [0.3, 0.4) is 0 Å². The van der Waals surface area contributed by atoms with Crippen molar-refractivity contribution in [2.24, 2.45) is 5.92 Å². The van der Waals surface area contributed by atoms with Crippen molar-refractivity contribution in [1.29, 1.82) is 0 Å². The fraction of sp³-hybridized carbons (Fsp3) is 0.600. The average molecular weight is 380 g/mol. The molecule has 2 heterocycles. The van der Waals surface area contributed by atoms with Crippen molar-refractivity contribution in [2.75, 3.05) is 26.7 Å². The van der Waals surface area contributed by atoms with E-state index < -0.39 is 17.9 Å². The number of piperidine rings is 2. The molecular formula is C20H26F2N2O3. The zero-order chi connectivity index (χ0) is 19.6. The third-order valence-electron chi connectivity index (χ3n) is 5.61. The molecule has 0 aromatic heterocycles. The lowest BCUT2D eigenvalue weighted by Gasteiger charge is -2.43. The van der Waals surface area contributed by atoms with E-state index in [1.54, 1.807) is 16.9 Å². The maximum atomic E-state index is 13.5. The molecule has 2 amide bonds. The Morgan fingerprint density at radius 2 is 2.00 bits per heavy atom. The van der Waals surface area contributed by atoms with E-state index in [1.807, 2.05) is 31.2 Å². The average Bonchev–Trinajstić information content (AvgIpc) is 2.67. The number of amides is 2. The molecule has 148 valence electrons. The van der Waals surface area contributed by atoms with Crippen molar-refractivity contribution in [3.63, 3.8) is 0 Å². The topological polar surface area (TPSA) is 49.9 Å². The predicted octanol–water partition coefficient (Wildman–Crippen LogP) is 3.25. The van der Waals surface area contributed by atoms with Gasteiger partial charge >= 0.3 is 0 Å². The highest BCUT2D eigenvalue weighted by molar-refractivity contribution is 5.85. The largest absolute Gasteiger partial charge is 0.497 e. The monoisotopic (exact) mass is 380 g/mol. The zero-order valence-corrected chi connectivity index (χ0v) is 15.8. The number of hydrogen-bond donors (Lipinski definition) is 0. The van der Waals surface area contributed by atoms with Crippen molar-refractivity contribution in [3.8, 4) is 5.75 Å². The number of carbonyl (C=O) groups is 2. The number of rotatable bonds is 4. The molecule has 0 saturated carbocycles. The summed E-state index contributed by atoms with van der Waals surface area (Å²) in [6.07, 6.45) is 0.134. The molecule has 2 atom stereocenters. The molecule has 0 bridgehead atoms. The summed E-state index contributed by atoms with van der Waals surface area (Å²) in [6.45, 7) is 2.50. The minimum atomic E-state index is -2.69. The molecule has 5 nitrogen and oxygen atoms in total. The Bertz CT molecular complexity index is 700. The number of methoxy groups -OCH3 is 1. The van der Waals surface area contributed by atoms with Crippen LogP contribution in [0.2, 0.25) is 0 Å². The summed E-state index contributed by atoms with van der Waals surface area (Å²) in [5.41, 5.74) is 0.838. The van der Waals surface area contributed by atoms with Gasteiger partial charge in [-0.15, -0.1) is 0 Å². The SMILES string of the molecule is CCN1C(=O)CC[C@@H](C(=O)N2CCC(F)(F)CC2)[C@@H]1c1cccc(OC)c1. The van der Waals surface area contributed by atoms with Gasteiger partial charge in [0.25, 0.3) is 5.92 Å². The van der Waals surface area contributed by atoms with Crippen LogP contribution in [0, 0.1) is 5.92 Å². The molecule has 1 aromatic rings. The molecule has 2 saturated heterocycles. The van der Waals surface area contributed by atoms with Crippen molar-refractivity contribution in [2.45, 2.75) is 44.6 Å². The van der Waals surface area contributed by atoms with Gasteiger partial charge in [-0.1, -0.05) is 12.1 Å². The van der Waals surface area contributed by atoms with Crippen LogP contribution in [0.4, 0.5) is 8.78 Å². The summed E-state index contributed by atoms with van der Waals surface area (Å²) in [5, 5.41) is 0. The number of hydrogen-bond acceptors (Lipinski definition) is 3. The standard InChI is InChI=1S/C20H26F2N2O3/c1-3-24-17(25)8-7-16(18(24)14-5-4-6-15(13-14)27-2)19(26)23-11-9-20(21,22)10-12-23/h4-6,13,16,18H,3,7-12H2,1-2H3/t16-,18+/m1/s1. The van der Waals surface area contributed by atoms with Crippen LogP contribution in [0.5, 0.6) is 5.75 Å². The minimum Gasteiger partial charge on any atom is -0.497 e. The highest BCUT2D eigenvalue weighted by atomic mass is 19.3. The molecule has 2 fully saturated rings. The molecule has 2 aliphatic rings. The Morgan fingerprint density at radius 3 is 2.63 bits per heavy atom. The summed E-state index contributed by atoms with van der Waals surface area (Å²) in [6, 6.07) is 6.98. The van der Waals surface area contributed by atoms with Crippen LogP contribution in [0.25, 0.3) is 0 Å². The van der Waals surface area contributed by atoms with Gasteiger partial charge in [-0.05, 0) is 31.0 Å². The van der Waals surface area contributed by atoms with Gasteiger partial charge < -0.3 is 14.5 Å². The Morgan fingerprint density at radius 1 is 1.30 bits per heavy atom. The van der Waals surface area contributed by atoms with E-state index >= 15 is 0 Å². The smallest absolute Gasteiger partial charge is 0.251 e. The van der Waals surface area contributed by atoms with Gasteiger partial charge in [-0.2, -0.15) is 0 Å². The summed E-state index contributed by atoms with van der Waals surface area (Å²) >= 11 is 0. The van der Waals surface area contributed by atoms with Crippen LogP contribution < -0.4 is 4.74 Å². The van der Waals surface area contributed by atoms with Crippen LogP contribution in [-0.2, 0) is 9.59 Å². The lowest BCUT2D eigenvalue weighted by atomic mass is 9.82. The van der Waals surface area contributed by atoms with E-state index in [0.717, 1.165) is 5.56 Å². The first-order valence-electron chi connectivity index (χ1n) is 9.46. The molecule has 0 aliphatic carbocycles. The molecule has 27 heavy (non-hydrogen) atoms. The van der Waals surface area contributed by atoms with E-state index in [0.29, 0.717) is 25.1 Å². The quantitative estimate of drug-likeness (QED) is 0.806. The fourth-order valence-electron chi connectivity index (χ4n) is 4.11. The van der Waals surface area contributed by atoms with Gasteiger partial charge in [0.05, 0.1) is 19.1 Å². The Kier molecular flexibility index (Phi) is 5.67. The number of ether oxygens (including phenoxy) is 1. The molecular weight excluding hydrogens is 354 g/mol. The number of likely N-dealkylation sites (tertiary alicyclic amines) is 2. The Hall–Kier alpha value is -2.18.